The summed E-state index contributed by atoms with van der Waals surface area (Å²) >= 11 is 11.8. The molecule has 0 aliphatic carbocycles. The van der Waals surface area contributed by atoms with Crippen LogP contribution in [0.25, 0.3) is 0 Å². The molecule has 0 atom stereocenters. The Morgan fingerprint density at radius 2 is 1.91 bits per heavy atom. The first kappa shape index (κ1) is 23.0. The van der Waals surface area contributed by atoms with Crippen molar-refractivity contribution in [3.63, 3.8) is 0 Å². The van der Waals surface area contributed by atoms with Crippen LogP contribution in [0.2, 0.25) is 10.0 Å². The number of rotatable bonds is 8. The highest BCUT2D eigenvalue weighted by Gasteiger charge is 2.25. The zero-order valence-electron chi connectivity index (χ0n) is 16.9. The van der Waals surface area contributed by atoms with Crippen LogP contribution in [0.3, 0.4) is 0 Å². The number of hydrogen-bond acceptors (Lipinski definition) is 8. The highest BCUT2D eigenvalue weighted by molar-refractivity contribution is 6.35. The molecule has 2 N–H and O–H groups in total. The molecule has 12 heteroatoms. The largest absolute Gasteiger partial charge is 0.482 e. The van der Waals surface area contributed by atoms with Crippen molar-refractivity contribution in [2.75, 3.05) is 12.0 Å². The van der Waals surface area contributed by atoms with Gasteiger partial charge in [0.15, 0.2) is 6.61 Å². The number of carbonyl (C=O) groups is 1. The average Bonchev–Trinajstić information content (AvgIpc) is 2.74. The Morgan fingerprint density at radius 1 is 1.12 bits per heavy atom. The molecule has 0 spiro atoms. The van der Waals surface area contributed by atoms with Crippen LogP contribution in [0.5, 0.6) is 17.4 Å². The topological polar surface area (TPSA) is 129 Å². The number of anilines is 1. The fraction of sp³-hybridized carbons (Fsp3) is 0.150. The molecule has 32 heavy (non-hydrogen) atoms. The van der Waals surface area contributed by atoms with Gasteiger partial charge in [-0.1, -0.05) is 29.3 Å². The first-order valence-corrected chi connectivity index (χ1v) is 9.87. The van der Waals surface area contributed by atoms with Gasteiger partial charge in [-0.2, -0.15) is 4.98 Å². The third-order valence-corrected chi connectivity index (χ3v) is 4.77. The number of nitro groups is 1. The summed E-state index contributed by atoms with van der Waals surface area (Å²) in [5.74, 6) is -0.557. The van der Waals surface area contributed by atoms with E-state index in [0.717, 1.165) is 17.5 Å². The minimum Gasteiger partial charge on any atom is -0.482 e. The maximum absolute atomic E-state index is 12.1. The highest BCUT2D eigenvalue weighted by Crippen LogP contribution is 2.34. The predicted molar refractivity (Wildman–Crippen MR) is 118 cm³/mol. The lowest BCUT2D eigenvalue weighted by molar-refractivity contribution is -0.385. The normalized spacial score (nSPS) is 10.4. The molecule has 0 fully saturated rings. The van der Waals surface area contributed by atoms with Gasteiger partial charge >= 0.3 is 11.6 Å². The molecule has 10 nitrogen and oxygen atoms in total. The van der Waals surface area contributed by atoms with Crippen LogP contribution < -0.4 is 20.3 Å². The van der Waals surface area contributed by atoms with E-state index < -0.39 is 23.1 Å². The molecule has 0 saturated heterocycles. The smallest absolute Gasteiger partial charge is 0.374 e. The zero-order valence-corrected chi connectivity index (χ0v) is 18.4. The van der Waals surface area contributed by atoms with Gasteiger partial charge in [0.05, 0.1) is 9.95 Å². The molecule has 1 aromatic heterocycles. The molecule has 0 saturated carbocycles. The summed E-state index contributed by atoms with van der Waals surface area (Å²) in [7, 11) is 0. The summed E-state index contributed by atoms with van der Waals surface area (Å²) in [6, 6.07) is 9.76. The van der Waals surface area contributed by atoms with Gasteiger partial charge in [0.2, 0.25) is 5.82 Å². The first-order chi connectivity index (χ1) is 15.2. The Morgan fingerprint density at radius 3 is 2.59 bits per heavy atom. The van der Waals surface area contributed by atoms with Gasteiger partial charge < -0.3 is 9.47 Å². The van der Waals surface area contributed by atoms with Crippen LogP contribution >= 0.6 is 23.2 Å². The number of hydrazine groups is 1. The number of hydrogen-bond donors (Lipinski definition) is 2. The van der Waals surface area contributed by atoms with E-state index in [1.165, 1.54) is 12.1 Å². The molecular formula is C20H17Cl2N5O5. The number of halogens is 2. The van der Waals surface area contributed by atoms with Crippen molar-refractivity contribution in [1.29, 1.82) is 0 Å². The Balaban J connectivity index is 1.69. The summed E-state index contributed by atoms with van der Waals surface area (Å²) in [4.78, 5) is 30.6. The quantitative estimate of drug-likeness (QED) is 0.355. The van der Waals surface area contributed by atoms with Crippen molar-refractivity contribution in [2.24, 2.45) is 0 Å². The van der Waals surface area contributed by atoms with Gasteiger partial charge in [0.25, 0.3) is 5.91 Å². The van der Waals surface area contributed by atoms with Crippen molar-refractivity contribution >= 4 is 40.6 Å². The van der Waals surface area contributed by atoms with E-state index in [9.17, 15) is 14.9 Å². The Hall–Kier alpha value is -3.63. The predicted octanol–water partition coefficient (Wildman–Crippen LogP) is 4.62. The molecule has 1 heterocycles. The zero-order chi connectivity index (χ0) is 23.3. The van der Waals surface area contributed by atoms with E-state index in [2.05, 4.69) is 20.8 Å². The monoisotopic (exact) mass is 477 g/mol. The van der Waals surface area contributed by atoms with E-state index >= 15 is 0 Å². The molecular weight excluding hydrogens is 461 g/mol. The maximum Gasteiger partial charge on any atom is 0.374 e. The molecule has 0 bridgehead atoms. The average molecular weight is 478 g/mol. The van der Waals surface area contributed by atoms with Gasteiger partial charge in [-0.25, -0.2) is 4.98 Å². The van der Waals surface area contributed by atoms with Crippen molar-refractivity contribution < 1.29 is 19.2 Å². The molecule has 0 aliphatic rings. The van der Waals surface area contributed by atoms with Crippen LogP contribution in [0.15, 0.2) is 42.7 Å². The fourth-order valence-electron chi connectivity index (χ4n) is 2.48. The molecule has 1 amide bonds. The summed E-state index contributed by atoms with van der Waals surface area (Å²) in [5.41, 5.74) is 6.11. The number of aromatic nitrogens is 2. The Bertz CT molecular complexity index is 1180. The van der Waals surface area contributed by atoms with E-state index in [-0.39, 0.29) is 22.5 Å². The number of nitrogens with zero attached hydrogens (tertiary/aromatic N) is 3. The lowest BCUT2D eigenvalue weighted by atomic mass is 10.1. The minimum absolute atomic E-state index is 0.234. The van der Waals surface area contributed by atoms with Gasteiger partial charge in [0, 0.05) is 5.02 Å². The van der Waals surface area contributed by atoms with Gasteiger partial charge in [-0.05, 0) is 55.3 Å². The molecule has 0 aliphatic heterocycles. The van der Waals surface area contributed by atoms with Crippen molar-refractivity contribution in [3.05, 3.63) is 74.0 Å². The van der Waals surface area contributed by atoms with Crippen LogP contribution in [-0.2, 0) is 4.79 Å². The summed E-state index contributed by atoms with van der Waals surface area (Å²) in [6.07, 6.45) is 1.07. The van der Waals surface area contributed by atoms with E-state index in [0.29, 0.717) is 10.8 Å². The molecule has 0 radical (unpaired) electrons. The summed E-state index contributed by atoms with van der Waals surface area (Å²) in [5, 5.41) is 12.3. The van der Waals surface area contributed by atoms with Crippen LogP contribution in [0.1, 0.15) is 11.1 Å². The van der Waals surface area contributed by atoms with Gasteiger partial charge in [-0.3, -0.25) is 25.8 Å². The van der Waals surface area contributed by atoms with Gasteiger partial charge in [-0.15, -0.1) is 0 Å². The van der Waals surface area contributed by atoms with Crippen LogP contribution in [0.4, 0.5) is 11.5 Å². The van der Waals surface area contributed by atoms with E-state index in [1.54, 1.807) is 18.2 Å². The number of amides is 1. The Labute approximate surface area is 192 Å². The standard InChI is InChI=1S/C20H17Cl2N5O5/c1-11-3-5-14(7-12(11)2)32-20-18(27(29)30)19(23-10-24-20)26-25-17(28)9-31-16-6-4-13(21)8-15(16)22/h3-8,10H,9H2,1-2H3,(H,25,28)(H,23,24,26). The molecule has 166 valence electrons. The highest BCUT2D eigenvalue weighted by atomic mass is 35.5. The van der Waals surface area contributed by atoms with E-state index in [1.807, 2.05) is 19.9 Å². The molecule has 3 aromatic rings. The second kappa shape index (κ2) is 10.1. The summed E-state index contributed by atoms with van der Waals surface area (Å²) in [6.45, 7) is 3.40. The lowest BCUT2D eigenvalue weighted by Crippen LogP contribution is -2.34. The third-order valence-electron chi connectivity index (χ3n) is 4.24. The maximum atomic E-state index is 12.1. The Kier molecular flexibility index (Phi) is 7.29. The SMILES string of the molecule is Cc1ccc(Oc2ncnc(NNC(=O)COc3ccc(Cl)cc3Cl)c2[N+](=O)[O-])cc1C. The molecule has 3 rings (SSSR count). The lowest BCUT2D eigenvalue weighted by Gasteiger charge is -2.12. The molecule has 0 unspecified atom stereocenters. The van der Waals surface area contributed by atoms with Crippen LogP contribution in [0, 0.1) is 24.0 Å². The van der Waals surface area contributed by atoms with E-state index in [4.69, 9.17) is 32.7 Å². The van der Waals surface area contributed by atoms with Crippen molar-refractivity contribution in [2.45, 2.75) is 13.8 Å². The van der Waals surface area contributed by atoms with Gasteiger partial charge in [0.1, 0.15) is 17.8 Å². The third kappa shape index (κ3) is 5.74. The number of ether oxygens (including phenoxy) is 2. The first-order valence-electron chi connectivity index (χ1n) is 9.12. The number of benzene rings is 2. The number of nitrogens with one attached hydrogen (secondary N) is 2. The summed E-state index contributed by atoms with van der Waals surface area (Å²) < 4.78 is 10.9. The van der Waals surface area contributed by atoms with Crippen molar-refractivity contribution in [1.82, 2.24) is 15.4 Å². The second-order valence-electron chi connectivity index (χ2n) is 6.52. The van der Waals surface area contributed by atoms with Crippen molar-refractivity contribution in [3.8, 4) is 17.4 Å². The van der Waals surface area contributed by atoms with Crippen LogP contribution in [-0.4, -0.2) is 27.4 Å². The fourth-order valence-corrected chi connectivity index (χ4v) is 2.95. The number of aryl methyl sites for hydroxylation is 2. The second-order valence-corrected chi connectivity index (χ2v) is 7.36. The minimum atomic E-state index is -0.713. The number of carbonyl (C=O) groups excluding carboxylic acids is 1. The molecule has 2 aromatic carbocycles.